The van der Waals surface area contributed by atoms with Crippen LogP contribution in [0.3, 0.4) is 0 Å². The van der Waals surface area contributed by atoms with Crippen molar-refractivity contribution in [3.63, 3.8) is 0 Å². The van der Waals surface area contributed by atoms with Crippen LogP contribution in [0.25, 0.3) is 11.4 Å². The van der Waals surface area contributed by atoms with Crippen molar-refractivity contribution >= 4 is 29.0 Å². The molecule has 3 aromatic heterocycles. The lowest BCUT2D eigenvalue weighted by atomic mass is 9.85. The number of hydrogen-bond acceptors (Lipinski definition) is 10. The number of benzene rings is 1. The number of aromatic nitrogens is 5. The Balaban J connectivity index is 0.947. The van der Waals surface area contributed by atoms with E-state index in [-0.39, 0.29) is 29.7 Å². The second-order valence-corrected chi connectivity index (χ2v) is 14.4. The number of nitrogens with zero attached hydrogens (tertiary/aromatic N) is 9. The van der Waals surface area contributed by atoms with Gasteiger partial charge in [0.15, 0.2) is 5.82 Å². The smallest absolute Gasteiger partial charge is 0.237 e. The third-order valence-corrected chi connectivity index (χ3v) is 10.3. The molecule has 2 atom stereocenters. The number of pyridine rings is 2. The second kappa shape index (κ2) is 13.9. The lowest BCUT2D eigenvalue weighted by Crippen LogP contribution is -2.56. The molecule has 3 saturated heterocycles. The zero-order chi connectivity index (χ0) is 35.9. The molecule has 6 heterocycles. The number of aryl methyl sites for hydroxylation is 2. The van der Waals surface area contributed by atoms with Crippen LogP contribution >= 0.6 is 0 Å². The predicted octanol–water partition coefficient (Wildman–Crippen LogP) is 3.95. The maximum absolute atomic E-state index is 14.0. The second-order valence-electron chi connectivity index (χ2n) is 14.4. The van der Waals surface area contributed by atoms with Crippen LogP contribution in [0.1, 0.15) is 50.4 Å². The molecular weight excluding hydrogens is 644 g/mol. The van der Waals surface area contributed by atoms with Gasteiger partial charge in [-0.2, -0.15) is 5.10 Å². The van der Waals surface area contributed by atoms with Gasteiger partial charge >= 0.3 is 0 Å². The Hall–Kier alpha value is -5.17. The quantitative estimate of drug-likeness (QED) is 0.259. The van der Waals surface area contributed by atoms with Crippen molar-refractivity contribution in [1.82, 2.24) is 34.5 Å². The molecule has 13 heteroatoms. The highest BCUT2D eigenvalue weighted by Gasteiger charge is 2.51. The summed E-state index contributed by atoms with van der Waals surface area (Å²) in [6, 6.07) is 15.7. The molecule has 3 aliphatic heterocycles. The fraction of sp³-hybridized carbons (Fsp3) is 0.447. The summed E-state index contributed by atoms with van der Waals surface area (Å²) in [4.78, 5) is 49.4. The first kappa shape index (κ1) is 34.3. The van der Waals surface area contributed by atoms with Crippen LogP contribution in [-0.2, 0) is 16.6 Å². The fourth-order valence-corrected chi connectivity index (χ4v) is 7.55. The van der Waals surface area contributed by atoms with Crippen molar-refractivity contribution in [2.75, 3.05) is 55.6 Å². The number of nitrogens with one attached hydrogen (secondary N) is 1. The average molecular weight is 691 g/mol. The molecule has 2 amide bonds. The van der Waals surface area contributed by atoms with Crippen LogP contribution in [0.2, 0.25) is 0 Å². The molecule has 4 aromatic rings. The summed E-state index contributed by atoms with van der Waals surface area (Å²) in [6.07, 6.45) is 4.76. The van der Waals surface area contributed by atoms with E-state index in [1.54, 1.807) is 28.2 Å². The van der Waals surface area contributed by atoms with E-state index >= 15 is 0 Å². The van der Waals surface area contributed by atoms with Gasteiger partial charge in [-0.25, -0.2) is 15.0 Å². The summed E-state index contributed by atoms with van der Waals surface area (Å²) < 4.78 is 7.34. The van der Waals surface area contributed by atoms with Gasteiger partial charge in [0.1, 0.15) is 12.1 Å². The Labute approximate surface area is 298 Å². The van der Waals surface area contributed by atoms with Crippen LogP contribution in [0.4, 0.5) is 11.5 Å². The molecule has 0 radical (unpaired) electrons. The van der Waals surface area contributed by atoms with E-state index in [9.17, 15) is 9.59 Å². The average Bonchev–Trinajstić information content (AvgIpc) is 3.83. The number of hydrogen-bond donors (Lipinski definition) is 1. The number of amides is 2. The first-order chi connectivity index (χ1) is 24.5. The van der Waals surface area contributed by atoms with E-state index < -0.39 is 5.41 Å². The summed E-state index contributed by atoms with van der Waals surface area (Å²) in [6.45, 7) is 12.2. The van der Waals surface area contributed by atoms with E-state index in [1.807, 2.05) is 63.1 Å². The zero-order valence-electron chi connectivity index (χ0n) is 30.0. The van der Waals surface area contributed by atoms with E-state index in [0.29, 0.717) is 74.3 Å². The number of carbonyl (C=O) groups is 2. The number of rotatable bonds is 9. The monoisotopic (exact) mass is 690 g/mol. The molecule has 0 unspecified atom stereocenters. The largest absolute Gasteiger partial charge is 0.475 e. The number of carbonyl (C=O) groups excluding carboxylic acids is 2. The normalized spacial score (nSPS) is 20.9. The van der Waals surface area contributed by atoms with E-state index in [1.165, 1.54) is 0 Å². The zero-order valence-corrected chi connectivity index (χ0v) is 30.0. The number of piperazine rings is 1. The van der Waals surface area contributed by atoms with Gasteiger partial charge in [0.05, 0.1) is 29.5 Å². The van der Waals surface area contributed by atoms with Crippen LogP contribution in [0.15, 0.2) is 61.1 Å². The van der Waals surface area contributed by atoms with Crippen molar-refractivity contribution in [3.8, 4) is 17.3 Å². The summed E-state index contributed by atoms with van der Waals surface area (Å²) >= 11 is 0. The maximum atomic E-state index is 14.0. The Morgan fingerprint density at radius 2 is 1.80 bits per heavy atom. The van der Waals surface area contributed by atoms with Crippen LogP contribution in [0.5, 0.6) is 5.88 Å². The molecule has 7 rings (SSSR count). The molecule has 51 heavy (non-hydrogen) atoms. The van der Waals surface area contributed by atoms with Gasteiger partial charge in [0, 0.05) is 74.9 Å². The minimum atomic E-state index is -0.530. The first-order valence-electron chi connectivity index (χ1n) is 17.7. The molecule has 266 valence electrons. The molecule has 0 saturated carbocycles. The fourth-order valence-electron chi connectivity index (χ4n) is 7.55. The number of anilines is 2. The molecule has 0 bridgehead atoms. The predicted molar refractivity (Wildman–Crippen MR) is 195 cm³/mol. The van der Waals surface area contributed by atoms with Gasteiger partial charge in [-0.1, -0.05) is 6.07 Å². The Kier molecular flexibility index (Phi) is 9.32. The molecule has 3 aliphatic rings. The molecule has 13 nitrogen and oxygen atoms in total. The summed E-state index contributed by atoms with van der Waals surface area (Å²) in [5.41, 5.74) is 3.81. The maximum Gasteiger partial charge on any atom is 0.237 e. The lowest BCUT2D eigenvalue weighted by Gasteiger charge is -2.41. The number of likely N-dealkylation sites (tertiary alicyclic amines) is 1. The minimum Gasteiger partial charge on any atom is -0.475 e. The first-order valence-corrected chi connectivity index (χ1v) is 17.7. The highest BCUT2D eigenvalue weighted by molar-refractivity contribution is 6.10. The summed E-state index contributed by atoms with van der Waals surface area (Å²) in [5.74, 6) is 1.93. The van der Waals surface area contributed by atoms with Gasteiger partial charge in [0.2, 0.25) is 17.7 Å². The van der Waals surface area contributed by atoms with E-state index in [4.69, 9.17) is 15.1 Å². The topological polar surface area (TPSA) is 137 Å². The van der Waals surface area contributed by atoms with E-state index in [2.05, 4.69) is 43.9 Å². The van der Waals surface area contributed by atoms with Crippen molar-refractivity contribution < 1.29 is 14.3 Å². The van der Waals surface area contributed by atoms with Gasteiger partial charge in [-0.15, -0.1) is 0 Å². The third kappa shape index (κ3) is 6.94. The summed E-state index contributed by atoms with van der Waals surface area (Å²) in [7, 11) is 1.86. The Bertz CT molecular complexity index is 1920. The van der Waals surface area contributed by atoms with E-state index in [0.717, 1.165) is 29.9 Å². The Morgan fingerprint density at radius 1 is 1.02 bits per heavy atom. The van der Waals surface area contributed by atoms with Crippen LogP contribution in [0, 0.1) is 17.7 Å². The molecule has 0 aliphatic carbocycles. The van der Waals surface area contributed by atoms with Crippen LogP contribution in [-0.4, -0.2) is 110 Å². The van der Waals surface area contributed by atoms with Crippen molar-refractivity contribution in [2.45, 2.75) is 52.7 Å². The third-order valence-electron chi connectivity index (χ3n) is 10.3. The molecule has 1 spiro atoms. The van der Waals surface area contributed by atoms with Gasteiger partial charge in [-0.05, 0) is 89.0 Å². The highest BCUT2D eigenvalue weighted by atomic mass is 16.5. The van der Waals surface area contributed by atoms with Gasteiger partial charge < -0.3 is 14.5 Å². The highest BCUT2D eigenvalue weighted by Crippen LogP contribution is 2.42. The molecule has 1 N–H and O–H groups in total. The molecule has 1 aromatic carbocycles. The standard InChI is InChI=1S/C38H46N10O3/c1-25(2)51-32-13-9-29(20-40-32)34(39)35-26(3)6-12-31(42-35)48-17-15-38(37(48)50)14-16-45(23-38)22-33(49)47-19-18-46(21-27(47)4)30-10-7-28(8-11-30)36-41-24-44(5)43-36/h6-13,20,24-25,27,39H,14-19,21-23H2,1-5H3/t27-,38-/m0/s1. The minimum absolute atomic E-state index is 0.00885. The Morgan fingerprint density at radius 3 is 2.49 bits per heavy atom. The lowest BCUT2D eigenvalue weighted by molar-refractivity contribution is -0.135. The molecule has 3 fully saturated rings. The molecular formula is C38H46N10O3. The van der Waals surface area contributed by atoms with Crippen LogP contribution < -0.4 is 14.5 Å². The number of ether oxygens (including phenoxy) is 1. The van der Waals surface area contributed by atoms with Gasteiger partial charge in [-0.3, -0.25) is 29.5 Å². The van der Waals surface area contributed by atoms with Crippen molar-refractivity contribution in [3.05, 3.63) is 77.9 Å². The SMILES string of the molecule is Cc1ccc(N2CC[C@]3(CCN(CC(=O)N4CCN(c5ccc(-c6ncn(C)n6)cc5)C[C@@H]4C)C3)C2=O)nc1C(=N)c1ccc(OC(C)C)nc1. The van der Waals surface area contributed by atoms with Crippen molar-refractivity contribution in [2.24, 2.45) is 12.5 Å². The van der Waals surface area contributed by atoms with Gasteiger partial charge in [0.25, 0.3) is 0 Å². The van der Waals surface area contributed by atoms with Crippen molar-refractivity contribution in [1.29, 1.82) is 5.41 Å². The summed E-state index contributed by atoms with van der Waals surface area (Å²) in [5, 5.41) is 13.3.